The van der Waals surface area contributed by atoms with Crippen molar-refractivity contribution < 1.29 is 0 Å². The predicted molar refractivity (Wildman–Crippen MR) is 91.8 cm³/mol. The maximum Gasteiger partial charge on any atom is 0.0411 e. The smallest absolute Gasteiger partial charge is 0.0411 e. The lowest BCUT2D eigenvalue weighted by molar-refractivity contribution is 0.703. The Morgan fingerprint density at radius 1 is 0.810 bits per heavy atom. The van der Waals surface area contributed by atoms with Gasteiger partial charge in [-0.3, -0.25) is 0 Å². The first-order chi connectivity index (χ1) is 10.3. The lowest BCUT2D eigenvalue weighted by atomic mass is 10.0. The van der Waals surface area contributed by atoms with Gasteiger partial charge in [-0.15, -0.1) is 0 Å². The molecule has 1 aliphatic carbocycles. The van der Waals surface area contributed by atoms with Crippen LogP contribution in [0.5, 0.6) is 0 Å². The summed E-state index contributed by atoms with van der Waals surface area (Å²) in [6.07, 6.45) is 6.06. The van der Waals surface area contributed by atoms with Gasteiger partial charge in [0, 0.05) is 25.2 Å². The molecule has 0 unspecified atom stereocenters. The van der Waals surface area contributed by atoms with Crippen molar-refractivity contribution >= 4 is 5.69 Å². The minimum absolute atomic E-state index is 1.14. The maximum atomic E-state index is 2.56. The van der Waals surface area contributed by atoms with Crippen LogP contribution in [0.4, 0.5) is 5.69 Å². The van der Waals surface area contributed by atoms with Crippen molar-refractivity contribution in [2.75, 3.05) is 18.0 Å². The Bertz CT molecular complexity index is 615. The van der Waals surface area contributed by atoms with Crippen LogP contribution in [0.2, 0.25) is 0 Å². The zero-order valence-corrected chi connectivity index (χ0v) is 13.1. The fourth-order valence-electron chi connectivity index (χ4n) is 3.21. The SMILES string of the molecule is CCCCN(CCC)c1cccc2c1[CH]c1ccccc1-2. The first kappa shape index (κ1) is 14.2. The van der Waals surface area contributed by atoms with Gasteiger partial charge in [0.15, 0.2) is 0 Å². The quantitative estimate of drug-likeness (QED) is 0.592. The van der Waals surface area contributed by atoms with E-state index in [1.807, 2.05) is 0 Å². The van der Waals surface area contributed by atoms with Crippen LogP contribution in [-0.4, -0.2) is 13.1 Å². The van der Waals surface area contributed by atoms with Crippen LogP contribution in [0, 0.1) is 6.42 Å². The standard InChI is InChI=1S/C20H24N/c1-3-5-14-21(13-4-2)20-12-8-11-18-17-10-7-6-9-16(17)15-19(18)20/h6-12,15H,3-5,13-14H2,1-2H3. The largest absolute Gasteiger partial charge is 0.371 e. The molecule has 0 atom stereocenters. The average Bonchev–Trinajstić information content (AvgIpc) is 2.90. The summed E-state index contributed by atoms with van der Waals surface area (Å²) in [5.41, 5.74) is 6.93. The molecule has 0 saturated carbocycles. The number of unbranched alkanes of at least 4 members (excludes halogenated alkanes) is 1. The maximum absolute atomic E-state index is 2.56. The second kappa shape index (κ2) is 6.34. The van der Waals surface area contributed by atoms with Gasteiger partial charge in [-0.2, -0.15) is 0 Å². The van der Waals surface area contributed by atoms with Crippen LogP contribution in [-0.2, 0) is 0 Å². The Morgan fingerprint density at radius 2 is 1.62 bits per heavy atom. The Labute approximate surface area is 128 Å². The van der Waals surface area contributed by atoms with Crippen LogP contribution in [0.1, 0.15) is 44.2 Å². The highest BCUT2D eigenvalue weighted by Gasteiger charge is 2.22. The molecule has 109 valence electrons. The molecular formula is C20H24N. The van der Waals surface area contributed by atoms with Gasteiger partial charge >= 0.3 is 0 Å². The topological polar surface area (TPSA) is 3.24 Å². The van der Waals surface area contributed by atoms with E-state index >= 15 is 0 Å². The van der Waals surface area contributed by atoms with Gasteiger partial charge in [0.1, 0.15) is 0 Å². The predicted octanol–water partition coefficient (Wildman–Crippen LogP) is 5.28. The monoisotopic (exact) mass is 278 g/mol. The van der Waals surface area contributed by atoms with Gasteiger partial charge in [-0.25, -0.2) is 0 Å². The van der Waals surface area contributed by atoms with Crippen LogP contribution in [0.25, 0.3) is 11.1 Å². The second-order valence-corrected chi connectivity index (χ2v) is 5.81. The van der Waals surface area contributed by atoms with Crippen LogP contribution in [0.15, 0.2) is 42.5 Å². The molecule has 2 aromatic rings. The summed E-state index contributed by atoms with van der Waals surface area (Å²) in [4.78, 5) is 2.56. The summed E-state index contributed by atoms with van der Waals surface area (Å²) in [5.74, 6) is 0. The third-order valence-electron chi connectivity index (χ3n) is 4.25. The van der Waals surface area contributed by atoms with Gasteiger partial charge in [-0.1, -0.05) is 56.7 Å². The minimum atomic E-state index is 1.14. The Hall–Kier alpha value is -1.76. The normalized spacial score (nSPS) is 12.1. The molecule has 0 bridgehead atoms. The molecule has 1 nitrogen and oxygen atoms in total. The highest BCUT2D eigenvalue weighted by molar-refractivity contribution is 5.86. The van der Waals surface area contributed by atoms with Crippen LogP contribution in [0.3, 0.4) is 0 Å². The highest BCUT2D eigenvalue weighted by Crippen LogP contribution is 2.42. The number of anilines is 1. The molecule has 0 saturated heterocycles. The molecule has 0 amide bonds. The molecule has 21 heavy (non-hydrogen) atoms. The van der Waals surface area contributed by atoms with E-state index in [0.29, 0.717) is 0 Å². The first-order valence-corrected chi connectivity index (χ1v) is 8.17. The molecule has 1 heteroatoms. The minimum Gasteiger partial charge on any atom is -0.371 e. The van der Waals surface area contributed by atoms with Crippen molar-refractivity contribution in [2.24, 2.45) is 0 Å². The number of fused-ring (bicyclic) bond motifs is 3. The van der Waals surface area contributed by atoms with E-state index in [4.69, 9.17) is 0 Å². The number of benzene rings is 2. The van der Waals surface area contributed by atoms with E-state index < -0.39 is 0 Å². The Balaban J connectivity index is 1.98. The summed E-state index contributed by atoms with van der Waals surface area (Å²) in [6, 6.07) is 15.5. The van der Waals surface area contributed by atoms with Crippen LogP contribution < -0.4 is 4.90 Å². The summed E-state index contributed by atoms with van der Waals surface area (Å²) >= 11 is 0. The van der Waals surface area contributed by atoms with E-state index in [-0.39, 0.29) is 0 Å². The fourth-order valence-corrected chi connectivity index (χ4v) is 3.21. The number of hydrogen-bond acceptors (Lipinski definition) is 1. The van der Waals surface area contributed by atoms with E-state index in [1.165, 1.54) is 47.2 Å². The van der Waals surface area contributed by atoms with Gasteiger partial charge in [0.05, 0.1) is 0 Å². The number of hydrogen-bond donors (Lipinski definition) is 0. The van der Waals surface area contributed by atoms with Crippen molar-refractivity contribution in [1.29, 1.82) is 0 Å². The molecule has 0 spiro atoms. The molecule has 3 rings (SSSR count). The number of nitrogens with zero attached hydrogens (tertiary/aromatic N) is 1. The van der Waals surface area contributed by atoms with Gasteiger partial charge in [0.2, 0.25) is 0 Å². The lowest BCUT2D eigenvalue weighted by Gasteiger charge is -2.26. The number of rotatable bonds is 6. The molecule has 0 N–H and O–H groups in total. The average molecular weight is 278 g/mol. The summed E-state index contributed by atoms with van der Waals surface area (Å²) < 4.78 is 0. The van der Waals surface area contributed by atoms with Crippen molar-refractivity contribution in [3.63, 3.8) is 0 Å². The van der Waals surface area contributed by atoms with Crippen molar-refractivity contribution in [3.8, 4) is 11.1 Å². The third-order valence-corrected chi connectivity index (χ3v) is 4.25. The molecule has 0 aromatic heterocycles. The van der Waals surface area contributed by atoms with Gasteiger partial charge in [0.25, 0.3) is 0 Å². The first-order valence-electron chi connectivity index (χ1n) is 8.17. The van der Waals surface area contributed by atoms with Gasteiger partial charge in [-0.05, 0) is 41.2 Å². The molecule has 0 aliphatic heterocycles. The van der Waals surface area contributed by atoms with E-state index in [2.05, 4.69) is 67.6 Å². The highest BCUT2D eigenvalue weighted by atomic mass is 15.1. The molecule has 0 fully saturated rings. The summed E-state index contributed by atoms with van der Waals surface area (Å²) in [6.45, 7) is 6.83. The molecule has 1 aliphatic rings. The molecule has 0 heterocycles. The molecular weight excluding hydrogens is 254 g/mol. The Morgan fingerprint density at radius 3 is 2.43 bits per heavy atom. The summed E-state index contributed by atoms with van der Waals surface area (Å²) in [5, 5.41) is 0. The molecule has 1 radical (unpaired) electrons. The molecule has 2 aromatic carbocycles. The van der Waals surface area contributed by atoms with E-state index in [9.17, 15) is 0 Å². The second-order valence-electron chi connectivity index (χ2n) is 5.81. The van der Waals surface area contributed by atoms with Crippen molar-refractivity contribution in [1.82, 2.24) is 0 Å². The zero-order chi connectivity index (χ0) is 14.7. The van der Waals surface area contributed by atoms with E-state index in [1.54, 1.807) is 0 Å². The Kier molecular flexibility index (Phi) is 4.28. The van der Waals surface area contributed by atoms with Crippen LogP contribution >= 0.6 is 0 Å². The van der Waals surface area contributed by atoms with Crippen molar-refractivity contribution in [2.45, 2.75) is 33.1 Å². The zero-order valence-electron chi connectivity index (χ0n) is 13.1. The van der Waals surface area contributed by atoms with Crippen molar-refractivity contribution in [3.05, 3.63) is 60.0 Å². The summed E-state index contributed by atoms with van der Waals surface area (Å²) in [7, 11) is 0. The lowest BCUT2D eigenvalue weighted by Crippen LogP contribution is -2.26. The third kappa shape index (κ3) is 2.70. The van der Waals surface area contributed by atoms with E-state index in [0.717, 1.165) is 13.1 Å². The fraction of sp³-hybridized carbons (Fsp3) is 0.350. The van der Waals surface area contributed by atoms with Gasteiger partial charge < -0.3 is 4.90 Å².